The first-order chi connectivity index (χ1) is 12.3. The molecular weight excluding hydrogens is 310 g/mol. The van der Waals surface area contributed by atoms with Crippen molar-refractivity contribution in [2.45, 2.75) is 19.3 Å². The second kappa shape index (κ2) is 7.23. The average Bonchev–Trinajstić information content (AvgIpc) is 3.11. The highest BCUT2D eigenvalue weighted by atomic mass is 15.2. The third-order valence-corrected chi connectivity index (χ3v) is 5.04. The predicted molar refractivity (Wildman–Crippen MR) is 103 cm³/mol. The van der Waals surface area contributed by atoms with E-state index < -0.39 is 0 Å². The third-order valence-electron chi connectivity index (χ3n) is 5.04. The van der Waals surface area contributed by atoms with Crippen LogP contribution in [0.15, 0.2) is 42.6 Å². The fraction of sp³-hybridized carbons (Fsp3) is 0.400. The molecule has 1 N–H and O–H groups in total. The predicted octanol–water partition coefficient (Wildman–Crippen LogP) is 3.55. The number of H-pyrrole nitrogens is 1. The Kier molecular flexibility index (Phi) is 4.65. The van der Waals surface area contributed by atoms with Crippen molar-refractivity contribution in [1.82, 2.24) is 19.9 Å². The van der Waals surface area contributed by atoms with Crippen molar-refractivity contribution in [2.75, 3.05) is 38.1 Å². The number of aromatic nitrogens is 3. The van der Waals surface area contributed by atoms with Crippen LogP contribution in [-0.2, 0) is 0 Å². The van der Waals surface area contributed by atoms with E-state index in [0.29, 0.717) is 0 Å². The minimum Gasteiger partial charge on any atom is -0.373 e. The molecule has 3 aromatic rings. The van der Waals surface area contributed by atoms with Crippen molar-refractivity contribution >= 4 is 16.9 Å². The van der Waals surface area contributed by atoms with Gasteiger partial charge >= 0.3 is 0 Å². The number of hydrogen-bond donors (Lipinski definition) is 1. The van der Waals surface area contributed by atoms with E-state index in [-0.39, 0.29) is 0 Å². The number of pyridine rings is 1. The van der Waals surface area contributed by atoms with E-state index in [1.807, 2.05) is 12.1 Å². The summed E-state index contributed by atoms with van der Waals surface area (Å²) in [5.41, 5.74) is 4.07. The number of benzene rings is 1. The van der Waals surface area contributed by atoms with Crippen molar-refractivity contribution in [3.8, 4) is 11.4 Å². The van der Waals surface area contributed by atoms with Gasteiger partial charge in [-0.3, -0.25) is 0 Å². The SMILES string of the molecule is CN(CCN1CCCCC1)c1ccc(-c2nc3ncccc3[nH]2)cc1. The second-order valence-electron chi connectivity index (χ2n) is 6.83. The number of imidazole rings is 1. The molecule has 2 aromatic heterocycles. The maximum atomic E-state index is 4.57. The number of aromatic amines is 1. The number of anilines is 1. The molecule has 5 nitrogen and oxygen atoms in total. The van der Waals surface area contributed by atoms with E-state index in [1.165, 1.54) is 38.0 Å². The number of nitrogens with one attached hydrogen (secondary N) is 1. The molecule has 1 saturated heterocycles. The van der Waals surface area contributed by atoms with Crippen LogP contribution in [0.2, 0.25) is 0 Å². The van der Waals surface area contributed by atoms with Gasteiger partial charge < -0.3 is 14.8 Å². The number of hydrogen-bond acceptors (Lipinski definition) is 4. The molecule has 1 aliphatic rings. The van der Waals surface area contributed by atoms with Gasteiger partial charge in [-0.1, -0.05) is 6.42 Å². The Balaban J connectivity index is 1.42. The van der Waals surface area contributed by atoms with Crippen LogP contribution >= 0.6 is 0 Å². The number of piperidine rings is 1. The van der Waals surface area contributed by atoms with Gasteiger partial charge in [0.05, 0.1) is 5.52 Å². The van der Waals surface area contributed by atoms with Gasteiger partial charge in [0.15, 0.2) is 5.65 Å². The minimum absolute atomic E-state index is 0.764. The molecule has 1 aliphatic heterocycles. The average molecular weight is 335 g/mol. The molecule has 5 heteroatoms. The Labute approximate surface area is 148 Å². The highest BCUT2D eigenvalue weighted by Crippen LogP contribution is 2.22. The molecule has 0 bridgehead atoms. The molecular formula is C20H25N5. The summed E-state index contributed by atoms with van der Waals surface area (Å²) in [5, 5.41) is 0. The second-order valence-corrected chi connectivity index (χ2v) is 6.83. The van der Waals surface area contributed by atoms with Gasteiger partial charge in [-0.25, -0.2) is 9.97 Å². The lowest BCUT2D eigenvalue weighted by atomic mass is 10.1. The molecule has 0 radical (unpaired) electrons. The van der Waals surface area contributed by atoms with Crippen LogP contribution in [0.5, 0.6) is 0 Å². The van der Waals surface area contributed by atoms with E-state index in [9.17, 15) is 0 Å². The molecule has 0 unspecified atom stereocenters. The summed E-state index contributed by atoms with van der Waals surface area (Å²) in [6.45, 7) is 4.72. The van der Waals surface area contributed by atoms with Crippen LogP contribution in [0.3, 0.4) is 0 Å². The summed E-state index contributed by atoms with van der Waals surface area (Å²) < 4.78 is 0. The van der Waals surface area contributed by atoms with Gasteiger partial charge in [-0.05, 0) is 62.3 Å². The van der Waals surface area contributed by atoms with E-state index >= 15 is 0 Å². The molecule has 0 atom stereocenters. The Hall–Kier alpha value is -2.40. The molecule has 25 heavy (non-hydrogen) atoms. The third kappa shape index (κ3) is 3.66. The van der Waals surface area contributed by atoms with Crippen LogP contribution in [0.25, 0.3) is 22.6 Å². The summed E-state index contributed by atoms with van der Waals surface area (Å²) in [6.07, 6.45) is 5.87. The smallest absolute Gasteiger partial charge is 0.178 e. The number of nitrogens with zero attached hydrogens (tertiary/aromatic N) is 4. The van der Waals surface area contributed by atoms with Gasteiger partial charge in [0.2, 0.25) is 0 Å². The van der Waals surface area contributed by atoms with Crippen LogP contribution in [0.1, 0.15) is 19.3 Å². The standard InChI is InChI=1S/C20H25N5/c1-24(14-15-25-12-3-2-4-13-25)17-9-7-16(8-10-17)19-22-18-6-5-11-21-20(18)23-19/h5-11H,2-4,12-15H2,1H3,(H,21,22,23). The van der Waals surface area contributed by atoms with Crippen molar-refractivity contribution in [1.29, 1.82) is 0 Å². The van der Waals surface area contributed by atoms with E-state index in [2.05, 4.69) is 56.1 Å². The Bertz CT molecular complexity index is 784. The lowest BCUT2D eigenvalue weighted by Crippen LogP contribution is -2.36. The zero-order valence-electron chi connectivity index (χ0n) is 14.8. The molecule has 130 valence electrons. The first-order valence-electron chi connectivity index (χ1n) is 9.14. The van der Waals surface area contributed by atoms with Gasteiger partial charge in [-0.15, -0.1) is 0 Å². The molecule has 1 fully saturated rings. The van der Waals surface area contributed by atoms with Crippen LogP contribution < -0.4 is 4.90 Å². The van der Waals surface area contributed by atoms with Gasteiger partial charge in [-0.2, -0.15) is 0 Å². The summed E-state index contributed by atoms with van der Waals surface area (Å²) in [4.78, 5) is 17.1. The zero-order valence-corrected chi connectivity index (χ0v) is 14.8. The normalized spacial score (nSPS) is 15.6. The topological polar surface area (TPSA) is 48.1 Å². The molecule has 0 spiro atoms. The summed E-state index contributed by atoms with van der Waals surface area (Å²) in [5.74, 6) is 0.871. The van der Waals surface area contributed by atoms with Crippen molar-refractivity contribution in [3.05, 3.63) is 42.6 Å². The largest absolute Gasteiger partial charge is 0.373 e. The lowest BCUT2D eigenvalue weighted by Gasteiger charge is -2.29. The molecule has 0 aliphatic carbocycles. The zero-order chi connectivity index (χ0) is 17.1. The van der Waals surface area contributed by atoms with Crippen molar-refractivity contribution in [2.24, 2.45) is 0 Å². The number of rotatable bonds is 5. The van der Waals surface area contributed by atoms with Crippen molar-refractivity contribution in [3.63, 3.8) is 0 Å². The summed E-state index contributed by atoms with van der Waals surface area (Å²) in [7, 11) is 2.17. The highest BCUT2D eigenvalue weighted by Gasteiger charge is 2.11. The first kappa shape index (κ1) is 16.1. The minimum atomic E-state index is 0.764. The molecule has 4 rings (SSSR count). The fourth-order valence-electron chi connectivity index (χ4n) is 3.46. The maximum Gasteiger partial charge on any atom is 0.178 e. The quantitative estimate of drug-likeness (QED) is 0.775. The van der Waals surface area contributed by atoms with Gasteiger partial charge in [0.1, 0.15) is 5.82 Å². The lowest BCUT2D eigenvalue weighted by molar-refractivity contribution is 0.234. The number of likely N-dealkylation sites (tertiary alicyclic amines) is 1. The Morgan fingerprint density at radius 2 is 1.88 bits per heavy atom. The van der Waals surface area contributed by atoms with E-state index in [1.54, 1.807) is 6.20 Å². The van der Waals surface area contributed by atoms with Crippen LogP contribution in [-0.4, -0.2) is 53.1 Å². The van der Waals surface area contributed by atoms with E-state index in [0.717, 1.165) is 35.6 Å². The van der Waals surface area contributed by atoms with E-state index in [4.69, 9.17) is 0 Å². The van der Waals surface area contributed by atoms with Crippen LogP contribution in [0, 0.1) is 0 Å². The highest BCUT2D eigenvalue weighted by molar-refractivity contribution is 5.75. The Morgan fingerprint density at radius 3 is 2.64 bits per heavy atom. The summed E-state index contributed by atoms with van der Waals surface area (Å²) >= 11 is 0. The Morgan fingerprint density at radius 1 is 1.08 bits per heavy atom. The first-order valence-corrected chi connectivity index (χ1v) is 9.14. The maximum absolute atomic E-state index is 4.57. The number of fused-ring (bicyclic) bond motifs is 1. The van der Waals surface area contributed by atoms with Gasteiger partial charge in [0.25, 0.3) is 0 Å². The molecule has 0 amide bonds. The molecule has 0 saturated carbocycles. The molecule has 3 heterocycles. The monoisotopic (exact) mass is 335 g/mol. The van der Waals surface area contributed by atoms with Crippen molar-refractivity contribution < 1.29 is 0 Å². The molecule has 1 aromatic carbocycles. The van der Waals surface area contributed by atoms with Crippen LogP contribution in [0.4, 0.5) is 5.69 Å². The summed E-state index contributed by atoms with van der Waals surface area (Å²) in [6, 6.07) is 12.5. The fourth-order valence-corrected chi connectivity index (χ4v) is 3.46. The number of likely N-dealkylation sites (N-methyl/N-ethyl adjacent to an activating group) is 1. The van der Waals surface area contributed by atoms with Gasteiger partial charge in [0, 0.05) is 37.6 Å².